The molecule has 0 aliphatic heterocycles. The lowest BCUT2D eigenvalue weighted by Crippen LogP contribution is -2.22. The highest BCUT2D eigenvalue weighted by atomic mass is 16.5. The van der Waals surface area contributed by atoms with Crippen molar-refractivity contribution in [3.05, 3.63) is 23.8 Å². The van der Waals surface area contributed by atoms with Crippen molar-refractivity contribution >= 4 is 5.91 Å². The molecule has 0 aromatic heterocycles. The van der Waals surface area contributed by atoms with Gasteiger partial charge in [0.2, 0.25) is 0 Å². The molecular weight excluding hydrogens is 248 g/mol. The zero-order chi connectivity index (χ0) is 14.1. The molecule has 6 heteroatoms. The van der Waals surface area contributed by atoms with Crippen molar-refractivity contribution in [2.24, 2.45) is 5.73 Å². The van der Waals surface area contributed by atoms with Crippen LogP contribution in [0.15, 0.2) is 18.2 Å². The van der Waals surface area contributed by atoms with Crippen molar-refractivity contribution in [1.29, 1.82) is 0 Å². The second kappa shape index (κ2) is 8.34. The van der Waals surface area contributed by atoms with Gasteiger partial charge in [0.05, 0.1) is 13.7 Å². The predicted octanol–water partition coefficient (Wildman–Crippen LogP) is 0.295. The van der Waals surface area contributed by atoms with Crippen molar-refractivity contribution in [3.63, 3.8) is 0 Å². The lowest BCUT2D eigenvalue weighted by atomic mass is 10.2. The molecule has 0 heterocycles. The number of ether oxygens (including phenoxy) is 3. The fraction of sp³-hybridized carbons (Fsp3) is 0.462. The van der Waals surface area contributed by atoms with E-state index in [0.717, 1.165) is 12.1 Å². The minimum atomic E-state index is -0.524. The van der Waals surface area contributed by atoms with Crippen LogP contribution in [-0.4, -0.2) is 39.9 Å². The summed E-state index contributed by atoms with van der Waals surface area (Å²) in [5, 5.41) is 3.21. The lowest BCUT2D eigenvalue weighted by Gasteiger charge is -2.14. The van der Waals surface area contributed by atoms with E-state index in [0.29, 0.717) is 24.7 Å². The second-order valence-electron chi connectivity index (χ2n) is 3.87. The van der Waals surface area contributed by atoms with E-state index in [1.807, 2.05) is 12.1 Å². The van der Waals surface area contributed by atoms with E-state index in [9.17, 15) is 4.79 Å². The molecule has 1 amide bonds. The summed E-state index contributed by atoms with van der Waals surface area (Å²) in [7, 11) is 3.20. The first-order chi connectivity index (χ1) is 9.19. The third-order valence-electron chi connectivity index (χ3n) is 2.44. The highest BCUT2D eigenvalue weighted by Crippen LogP contribution is 2.30. The van der Waals surface area contributed by atoms with Crippen LogP contribution in [-0.2, 0) is 16.1 Å². The maximum absolute atomic E-state index is 10.8. The van der Waals surface area contributed by atoms with Gasteiger partial charge in [-0.05, 0) is 6.07 Å². The minimum absolute atomic E-state index is 0.175. The number of nitrogens with two attached hydrogens (primary N) is 1. The van der Waals surface area contributed by atoms with Crippen LogP contribution in [0, 0.1) is 0 Å². The van der Waals surface area contributed by atoms with Crippen molar-refractivity contribution in [1.82, 2.24) is 5.32 Å². The number of benzene rings is 1. The Kier molecular flexibility index (Phi) is 6.70. The molecular formula is C13H20N2O4. The van der Waals surface area contributed by atoms with Gasteiger partial charge >= 0.3 is 0 Å². The maximum Gasteiger partial charge on any atom is 0.255 e. The highest BCUT2D eigenvalue weighted by Gasteiger charge is 2.11. The number of nitrogens with one attached hydrogen (secondary N) is 1. The van der Waals surface area contributed by atoms with Crippen LogP contribution in [0.25, 0.3) is 0 Å². The van der Waals surface area contributed by atoms with Crippen molar-refractivity contribution in [2.75, 3.05) is 34.0 Å². The highest BCUT2D eigenvalue weighted by molar-refractivity contribution is 5.75. The summed E-state index contributed by atoms with van der Waals surface area (Å²) in [6.45, 7) is 1.77. The van der Waals surface area contributed by atoms with Crippen LogP contribution in [0.2, 0.25) is 0 Å². The SMILES string of the molecule is COCCNCc1cccc(OC)c1OCC(N)=O. The molecule has 1 aromatic rings. The monoisotopic (exact) mass is 268 g/mol. The molecule has 0 radical (unpaired) electrons. The summed E-state index contributed by atoms with van der Waals surface area (Å²) in [5.41, 5.74) is 5.98. The summed E-state index contributed by atoms with van der Waals surface area (Å²) in [6.07, 6.45) is 0. The molecule has 0 saturated carbocycles. The molecule has 0 bridgehead atoms. The van der Waals surface area contributed by atoms with Crippen LogP contribution in [0.4, 0.5) is 0 Å². The van der Waals surface area contributed by atoms with Crippen molar-refractivity contribution in [2.45, 2.75) is 6.54 Å². The van der Waals surface area contributed by atoms with Gasteiger partial charge in [-0.2, -0.15) is 0 Å². The maximum atomic E-state index is 10.8. The number of para-hydroxylation sites is 1. The van der Waals surface area contributed by atoms with E-state index in [-0.39, 0.29) is 6.61 Å². The second-order valence-corrected chi connectivity index (χ2v) is 3.87. The van der Waals surface area contributed by atoms with Gasteiger partial charge in [-0.25, -0.2) is 0 Å². The number of methoxy groups -OCH3 is 2. The topological polar surface area (TPSA) is 82.8 Å². The van der Waals surface area contributed by atoms with Gasteiger partial charge in [0.25, 0.3) is 5.91 Å². The van der Waals surface area contributed by atoms with Crippen LogP contribution >= 0.6 is 0 Å². The molecule has 0 atom stereocenters. The van der Waals surface area contributed by atoms with Crippen LogP contribution < -0.4 is 20.5 Å². The molecule has 3 N–H and O–H groups in total. The third kappa shape index (κ3) is 5.15. The Morgan fingerprint density at radius 3 is 2.79 bits per heavy atom. The lowest BCUT2D eigenvalue weighted by molar-refractivity contribution is -0.119. The van der Waals surface area contributed by atoms with E-state index in [4.69, 9.17) is 19.9 Å². The standard InChI is InChI=1S/C13H20N2O4/c1-17-7-6-15-8-10-4-3-5-11(18-2)13(10)19-9-12(14)16/h3-5,15H,6-9H2,1-2H3,(H2,14,16). The van der Waals surface area contributed by atoms with Gasteiger partial charge in [0, 0.05) is 25.8 Å². The first kappa shape index (κ1) is 15.3. The molecule has 0 aliphatic carbocycles. The molecule has 0 aliphatic rings. The van der Waals surface area contributed by atoms with E-state index < -0.39 is 5.91 Å². The number of primary amides is 1. The number of carbonyl (C=O) groups is 1. The average molecular weight is 268 g/mol. The number of carbonyl (C=O) groups excluding carboxylic acids is 1. The zero-order valence-electron chi connectivity index (χ0n) is 11.3. The molecule has 1 rings (SSSR count). The molecule has 106 valence electrons. The molecule has 6 nitrogen and oxygen atoms in total. The van der Waals surface area contributed by atoms with E-state index in [1.165, 1.54) is 0 Å². The third-order valence-corrected chi connectivity index (χ3v) is 2.44. The van der Waals surface area contributed by atoms with Gasteiger partial charge in [0.1, 0.15) is 0 Å². The molecule has 0 unspecified atom stereocenters. The summed E-state index contributed by atoms with van der Waals surface area (Å²) in [4.78, 5) is 10.8. The Balaban J connectivity index is 2.73. The molecule has 0 saturated heterocycles. The van der Waals surface area contributed by atoms with Crippen LogP contribution in [0.5, 0.6) is 11.5 Å². The fourth-order valence-electron chi connectivity index (χ4n) is 1.57. The molecule has 0 spiro atoms. The molecule has 19 heavy (non-hydrogen) atoms. The van der Waals surface area contributed by atoms with E-state index in [2.05, 4.69) is 5.32 Å². The molecule has 0 fully saturated rings. The predicted molar refractivity (Wildman–Crippen MR) is 71.3 cm³/mol. The summed E-state index contributed by atoms with van der Waals surface area (Å²) < 4.78 is 15.6. The normalized spacial score (nSPS) is 10.2. The summed E-state index contributed by atoms with van der Waals surface area (Å²) in [6, 6.07) is 5.54. The number of rotatable bonds is 9. The first-order valence-corrected chi connectivity index (χ1v) is 5.95. The van der Waals surface area contributed by atoms with E-state index in [1.54, 1.807) is 20.3 Å². The smallest absolute Gasteiger partial charge is 0.255 e. The van der Waals surface area contributed by atoms with Gasteiger partial charge in [-0.3, -0.25) is 4.79 Å². The first-order valence-electron chi connectivity index (χ1n) is 5.95. The Morgan fingerprint density at radius 1 is 1.37 bits per heavy atom. The van der Waals surface area contributed by atoms with Crippen molar-refractivity contribution in [3.8, 4) is 11.5 Å². The number of hydrogen-bond acceptors (Lipinski definition) is 5. The number of hydrogen-bond donors (Lipinski definition) is 2. The minimum Gasteiger partial charge on any atom is -0.493 e. The van der Waals surface area contributed by atoms with Gasteiger partial charge in [-0.1, -0.05) is 12.1 Å². The Morgan fingerprint density at radius 2 is 2.16 bits per heavy atom. The van der Waals surface area contributed by atoms with Crippen LogP contribution in [0.1, 0.15) is 5.56 Å². The molecule has 1 aromatic carbocycles. The van der Waals surface area contributed by atoms with Gasteiger partial charge in [-0.15, -0.1) is 0 Å². The van der Waals surface area contributed by atoms with Crippen molar-refractivity contribution < 1.29 is 19.0 Å². The Hall–Kier alpha value is -1.79. The summed E-state index contributed by atoms with van der Waals surface area (Å²) in [5.74, 6) is 0.588. The zero-order valence-corrected chi connectivity index (χ0v) is 11.3. The fourth-order valence-corrected chi connectivity index (χ4v) is 1.57. The van der Waals surface area contributed by atoms with Crippen LogP contribution in [0.3, 0.4) is 0 Å². The largest absolute Gasteiger partial charge is 0.493 e. The Labute approximate surface area is 112 Å². The van der Waals surface area contributed by atoms with Gasteiger partial charge < -0.3 is 25.3 Å². The Bertz CT molecular complexity index is 410. The number of amides is 1. The summed E-state index contributed by atoms with van der Waals surface area (Å²) >= 11 is 0. The van der Waals surface area contributed by atoms with Gasteiger partial charge in [0.15, 0.2) is 18.1 Å². The van der Waals surface area contributed by atoms with E-state index >= 15 is 0 Å². The quantitative estimate of drug-likeness (QED) is 0.629. The average Bonchev–Trinajstić information content (AvgIpc) is 2.41.